The molecule has 0 saturated carbocycles. The lowest BCUT2D eigenvalue weighted by Crippen LogP contribution is -2.31. The summed E-state index contributed by atoms with van der Waals surface area (Å²) in [5.74, 6) is 1.24. The Morgan fingerprint density at radius 2 is 1.93 bits per heavy atom. The molecule has 2 heterocycles. The highest BCUT2D eigenvalue weighted by Gasteiger charge is 2.17. The fraction of sp³-hybridized carbons (Fsp3) is 0.381. The van der Waals surface area contributed by atoms with Gasteiger partial charge < -0.3 is 15.1 Å². The van der Waals surface area contributed by atoms with Crippen molar-refractivity contribution in [2.45, 2.75) is 26.2 Å². The molecule has 3 rings (SSSR count). The van der Waals surface area contributed by atoms with Gasteiger partial charge in [-0.1, -0.05) is 24.3 Å². The number of rotatable bonds is 5. The molecule has 1 fully saturated rings. The molecule has 1 N–H and O–H groups in total. The van der Waals surface area contributed by atoms with E-state index < -0.39 is 0 Å². The van der Waals surface area contributed by atoms with Gasteiger partial charge in [0.05, 0.1) is 6.20 Å². The molecule has 1 saturated heterocycles. The zero-order valence-electron chi connectivity index (χ0n) is 16.3. The van der Waals surface area contributed by atoms with Crippen LogP contribution in [0.5, 0.6) is 0 Å². The number of hydrogen-bond acceptors (Lipinski definition) is 5. The third kappa shape index (κ3) is 4.84. The Balaban J connectivity index is 1.75. The number of hydrogen-bond donors (Lipinski definition) is 1. The van der Waals surface area contributed by atoms with E-state index in [1.807, 2.05) is 56.3 Å². The molecular weight excluding hydrogens is 338 g/mol. The average Bonchev–Trinajstić information content (AvgIpc) is 2.68. The highest BCUT2D eigenvalue weighted by Crippen LogP contribution is 2.25. The Kier molecular flexibility index (Phi) is 6.06. The fourth-order valence-electron chi connectivity index (χ4n) is 3.15. The maximum Gasteiger partial charge on any atom is 0.248 e. The van der Waals surface area contributed by atoms with Crippen molar-refractivity contribution in [1.29, 1.82) is 0 Å². The van der Waals surface area contributed by atoms with Gasteiger partial charge in [0.15, 0.2) is 5.82 Å². The Hall–Kier alpha value is -2.89. The lowest BCUT2D eigenvalue weighted by atomic mass is 10.1. The molecule has 1 aliphatic heterocycles. The highest BCUT2D eigenvalue weighted by atomic mass is 16.1. The van der Waals surface area contributed by atoms with Crippen molar-refractivity contribution in [1.82, 2.24) is 9.97 Å². The molecular formula is C21H27N5O. The summed E-state index contributed by atoms with van der Waals surface area (Å²) in [6.45, 7) is 3.99. The summed E-state index contributed by atoms with van der Waals surface area (Å²) in [5, 5.41) is 2.90. The standard InChI is InChI=1S/C21H27N5O/c1-16-9-5-6-10-17(16)11-12-19(27)23-18-15-22-21(24-20(18)25(2)3)26-13-7-4-8-14-26/h5-6,9-12,15H,4,7-8,13-14H2,1-3H3,(H,23,27)/b12-11+. The van der Waals surface area contributed by atoms with Crippen LogP contribution in [0.1, 0.15) is 30.4 Å². The first-order valence-corrected chi connectivity index (χ1v) is 9.38. The normalized spacial score (nSPS) is 14.4. The molecule has 6 nitrogen and oxygen atoms in total. The first kappa shape index (κ1) is 18.9. The van der Waals surface area contributed by atoms with E-state index in [1.165, 1.54) is 19.3 Å². The van der Waals surface area contributed by atoms with Crippen LogP contribution in [-0.2, 0) is 4.79 Å². The molecule has 0 bridgehead atoms. The van der Waals surface area contributed by atoms with Gasteiger partial charge in [-0.05, 0) is 43.4 Å². The predicted octanol–water partition coefficient (Wildman–Crippen LogP) is 3.49. The fourth-order valence-corrected chi connectivity index (χ4v) is 3.15. The van der Waals surface area contributed by atoms with Crippen LogP contribution >= 0.6 is 0 Å². The van der Waals surface area contributed by atoms with Crippen LogP contribution in [0.25, 0.3) is 6.08 Å². The average molecular weight is 365 g/mol. The van der Waals surface area contributed by atoms with Crippen molar-refractivity contribution in [3.8, 4) is 0 Å². The zero-order chi connectivity index (χ0) is 19.2. The number of carbonyl (C=O) groups is 1. The van der Waals surface area contributed by atoms with Crippen molar-refractivity contribution in [3.63, 3.8) is 0 Å². The number of nitrogens with zero attached hydrogens (tertiary/aromatic N) is 4. The van der Waals surface area contributed by atoms with Gasteiger partial charge in [0.2, 0.25) is 11.9 Å². The SMILES string of the molecule is Cc1ccccc1/C=C/C(=O)Nc1cnc(N2CCCCC2)nc1N(C)C. The minimum Gasteiger partial charge on any atom is -0.361 e. The molecule has 27 heavy (non-hydrogen) atoms. The quantitative estimate of drug-likeness (QED) is 0.822. The number of nitrogens with one attached hydrogen (secondary N) is 1. The van der Waals surface area contributed by atoms with Gasteiger partial charge in [0.1, 0.15) is 5.69 Å². The third-order valence-electron chi connectivity index (χ3n) is 4.68. The lowest BCUT2D eigenvalue weighted by molar-refractivity contribution is -0.111. The number of benzene rings is 1. The van der Waals surface area contributed by atoms with E-state index in [1.54, 1.807) is 12.3 Å². The summed E-state index contributed by atoms with van der Waals surface area (Å²) in [6.07, 6.45) is 8.67. The summed E-state index contributed by atoms with van der Waals surface area (Å²) >= 11 is 0. The van der Waals surface area contributed by atoms with Crippen molar-refractivity contribution in [2.75, 3.05) is 42.3 Å². The summed E-state index contributed by atoms with van der Waals surface area (Å²) < 4.78 is 0. The number of anilines is 3. The number of piperidine rings is 1. The topological polar surface area (TPSA) is 61.4 Å². The molecule has 2 aromatic rings. The number of amides is 1. The lowest BCUT2D eigenvalue weighted by Gasteiger charge is -2.27. The van der Waals surface area contributed by atoms with Gasteiger partial charge in [-0.2, -0.15) is 4.98 Å². The molecule has 1 aromatic heterocycles. The van der Waals surface area contributed by atoms with Gasteiger partial charge in [-0.25, -0.2) is 4.98 Å². The molecule has 0 unspecified atom stereocenters. The minimum absolute atomic E-state index is 0.198. The number of aryl methyl sites for hydroxylation is 1. The molecule has 0 aliphatic carbocycles. The van der Waals surface area contributed by atoms with Crippen LogP contribution in [0.2, 0.25) is 0 Å². The van der Waals surface area contributed by atoms with E-state index in [2.05, 4.69) is 20.2 Å². The monoisotopic (exact) mass is 365 g/mol. The van der Waals surface area contributed by atoms with Crippen molar-refractivity contribution in [3.05, 3.63) is 47.7 Å². The third-order valence-corrected chi connectivity index (χ3v) is 4.68. The van der Waals surface area contributed by atoms with E-state index in [0.717, 1.165) is 30.2 Å². The van der Waals surface area contributed by atoms with Crippen LogP contribution in [0, 0.1) is 6.92 Å². The van der Waals surface area contributed by atoms with E-state index in [9.17, 15) is 4.79 Å². The van der Waals surface area contributed by atoms with E-state index in [0.29, 0.717) is 11.5 Å². The molecule has 0 spiro atoms. The Labute approximate surface area is 160 Å². The van der Waals surface area contributed by atoms with Crippen molar-refractivity contribution < 1.29 is 4.79 Å². The van der Waals surface area contributed by atoms with E-state index in [4.69, 9.17) is 0 Å². The number of carbonyl (C=O) groups excluding carboxylic acids is 1. The predicted molar refractivity (Wildman–Crippen MR) is 111 cm³/mol. The molecule has 0 atom stereocenters. The maximum absolute atomic E-state index is 12.4. The van der Waals surface area contributed by atoms with Gasteiger partial charge in [-0.15, -0.1) is 0 Å². The highest BCUT2D eigenvalue weighted by molar-refractivity contribution is 6.03. The molecule has 6 heteroatoms. The Morgan fingerprint density at radius 3 is 2.63 bits per heavy atom. The summed E-state index contributed by atoms with van der Waals surface area (Å²) in [5.41, 5.74) is 2.77. The maximum atomic E-state index is 12.4. The Bertz CT molecular complexity index is 825. The zero-order valence-corrected chi connectivity index (χ0v) is 16.3. The molecule has 142 valence electrons. The van der Waals surface area contributed by atoms with E-state index >= 15 is 0 Å². The van der Waals surface area contributed by atoms with Crippen molar-refractivity contribution in [2.24, 2.45) is 0 Å². The first-order valence-electron chi connectivity index (χ1n) is 9.38. The molecule has 0 radical (unpaired) electrons. The summed E-state index contributed by atoms with van der Waals surface area (Å²) in [6, 6.07) is 7.95. The van der Waals surface area contributed by atoms with Crippen LogP contribution < -0.4 is 15.1 Å². The second-order valence-electron chi connectivity index (χ2n) is 7.03. The molecule has 1 aliphatic rings. The smallest absolute Gasteiger partial charge is 0.248 e. The van der Waals surface area contributed by atoms with Crippen LogP contribution in [0.3, 0.4) is 0 Å². The molecule has 1 amide bonds. The second kappa shape index (κ2) is 8.66. The van der Waals surface area contributed by atoms with Gasteiger partial charge >= 0.3 is 0 Å². The first-order chi connectivity index (χ1) is 13.0. The van der Waals surface area contributed by atoms with Gasteiger partial charge in [0.25, 0.3) is 0 Å². The van der Waals surface area contributed by atoms with Crippen LogP contribution in [0.15, 0.2) is 36.5 Å². The summed E-state index contributed by atoms with van der Waals surface area (Å²) in [7, 11) is 3.84. The Morgan fingerprint density at radius 1 is 1.19 bits per heavy atom. The van der Waals surface area contributed by atoms with Crippen molar-refractivity contribution >= 4 is 29.4 Å². The number of aromatic nitrogens is 2. The largest absolute Gasteiger partial charge is 0.361 e. The minimum atomic E-state index is -0.198. The second-order valence-corrected chi connectivity index (χ2v) is 7.03. The van der Waals surface area contributed by atoms with Crippen LogP contribution in [0.4, 0.5) is 17.5 Å². The molecule has 1 aromatic carbocycles. The van der Waals surface area contributed by atoms with Gasteiger partial charge in [0, 0.05) is 33.3 Å². The van der Waals surface area contributed by atoms with Crippen LogP contribution in [-0.4, -0.2) is 43.1 Å². The van der Waals surface area contributed by atoms with E-state index in [-0.39, 0.29) is 5.91 Å². The summed E-state index contributed by atoms with van der Waals surface area (Å²) in [4.78, 5) is 25.6. The van der Waals surface area contributed by atoms with Gasteiger partial charge in [-0.3, -0.25) is 4.79 Å².